The van der Waals surface area contributed by atoms with Crippen LogP contribution in [0.25, 0.3) is 0 Å². The number of nitrogens with zero attached hydrogens (tertiary/aromatic N) is 1. The number of alkyl halides is 1. The molecule has 2 heterocycles. The molecule has 2 aliphatic rings. The third kappa shape index (κ3) is 3.91. The number of phosphoric acid groups is 1. The number of urea groups is 1. The molecule has 0 aromatic rings. The fourth-order valence-corrected chi connectivity index (χ4v) is 2.83. The molecule has 0 saturated carbocycles. The fourth-order valence-electron chi connectivity index (χ4n) is 2.17. The Labute approximate surface area is 143 Å². The van der Waals surface area contributed by atoms with Crippen LogP contribution in [0.2, 0.25) is 0 Å². The van der Waals surface area contributed by atoms with Crippen molar-refractivity contribution in [1.82, 2.24) is 10.2 Å². The number of hydrogen-bond donors (Lipinski definition) is 5. The van der Waals surface area contributed by atoms with Crippen LogP contribution in [-0.4, -0.2) is 72.4 Å². The van der Waals surface area contributed by atoms with E-state index in [2.05, 4.69) is 20.5 Å². The van der Waals surface area contributed by atoms with Gasteiger partial charge in [0.15, 0.2) is 6.23 Å². The van der Waals surface area contributed by atoms with Gasteiger partial charge in [0.05, 0.1) is 12.7 Å². The quantitative estimate of drug-likeness (QED) is 0.269. The van der Waals surface area contributed by atoms with Gasteiger partial charge in [0.25, 0.3) is 0 Å². The number of ether oxygens (including phenoxy) is 1. The minimum atomic E-state index is -4.83. The highest BCUT2D eigenvalue weighted by atomic mass is 79.9. The Hall–Kier alpha value is -0.590. The van der Waals surface area contributed by atoms with Crippen LogP contribution in [0, 0.1) is 0 Å². The predicted octanol–water partition coefficient (Wildman–Crippen LogP) is -1.40. The lowest BCUT2D eigenvalue weighted by Gasteiger charge is -2.42. The minimum Gasteiger partial charge on any atom is -0.390 e. The van der Waals surface area contributed by atoms with E-state index in [-0.39, 0.29) is 6.42 Å². The molecule has 23 heavy (non-hydrogen) atoms. The molecule has 2 aliphatic heterocycles. The lowest BCUT2D eigenvalue weighted by molar-refractivity contribution is -0.147. The second-order valence-electron chi connectivity index (χ2n) is 4.97. The van der Waals surface area contributed by atoms with Crippen molar-refractivity contribution in [2.24, 2.45) is 0 Å². The molecule has 2 fully saturated rings. The molecule has 2 saturated heterocycles. The first-order valence-corrected chi connectivity index (χ1v) is 8.55. The average Bonchev–Trinajstić information content (AvgIpc) is 2.81. The van der Waals surface area contributed by atoms with E-state index in [0.29, 0.717) is 4.90 Å². The minimum absolute atomic E-state index is 0.321. The van der Waals surface area contributed by atoms with Gasteiger partial charge in [-0.3, -0.25) is 19.5 Å². The van der Waals surface area contributed by atoms with Crippen LogP contribution in [0.3, 0.4) is 0 Å². The topological polar surface area (TPSA) is 166 Å². The maximum absolute atomic E-state index is 12.1. The zero-order chi connectivity index (χ0) is 20.1. The van der Waals surface area contributed by atoms with Crippen LogP contribution >= 0.6 is 23.8 Å². The summed E-state index contributed by atoms with van der Waals surface area (Å²) in [5.74, 6) is -1.27. The van der Waals surface area contributed by atoms with E-state index >= 15 is 0 Å². The van der Waals surface area contributed by atoms with Gasteiger partial charge in [-0.15, -0.1) is 0 Å². The van der Waals surface area contributed by atoms with Gasteiger partial charge in [-0.05, 0) is 6.85 Å². The maximum atomic E-state index is 12.1. The summed E-state index contributed by atoms with van der Waals surface area (Å²) >= 11 is 2.69. The summed E-state index contributed by atoms with van der Waals surface area (Å²) in [6.45, 7) is -3.76. The number of carbonyl (C=O) groups is 2. The molecule has 0 bridgehead atoms. The van der Waals surface area contributed by atoms with Crippen LogP contribution in [0.15, 0.2) is 0 Å². The molecular formula is C10H16BrN2O9P. The molecule has 3 amide bonds. The van der Waals surface area contributed by atoms with E-state index in [1.165, 1.54) is 0 Å². The molecule has 0 aliphatic carbocycles. The fraction of sp³-hybridized carbons (Fsp3) is 0.800. The number of nitrogens with one attached hydrogen (secondary N) is 1. The lowest BCUT2D eigenvalue weighted by Crippen LogP contribution is -2.68. The monoisotopic (exact) mass is 424 g/mol. The first-order valence-electron chi connectivity index (χ1n) is 7.73. The van der Waals surface area contributed by atoms with Crippen molar-refractivity contribution in [3.05, 3.63) is 0 Å². The van der Waals surface area contributed by atoms with Crippen molar-refractivity contribution in [2.75, 3.05) is 6.61 Å². The van der Waals surface area contributed by atoms with Crippen molar-refractivity contribution in [2.45, 2.75) is 42.3 Å². The van der Waals surface area contributed by atoms with E-state index in [4.69, 9.17) is 18.6 Å². The van der Waals surface area contributed by atoms with Crippen LogP contribution < -0.4 is 5.32 Å². The van der Waals surface area contributed by atoms with Gasteiger partial charge in [0.1, 0.15) is 16.7 Å². The second-order valence-corrected chi connectivity index (χ2v) is 7.46. The van der Waals surface area contributed by atoms with Gasteiger partial charge in [0.2, 0.25) is 5.91 Å². The predicted molar refractivity (Wildman–Crippen MR) is 76.0 cm³/mol. The summed E-state index contributed by atoms with van der Waals surface area (Å²) in [5, 5.41) is 22.1. The Balaban J connectivity index is 2.21. The molecule has 0 spiro atoms. The van der Waals surface area contributed by atoms with Crippen molar-refractivity contribution in [1.29, 1.82) is 0 Å². The number of rotatable bonds is 4. The highest BCUT2D eigenvalue weighted by Gasteiger charge is 2.53. The SMILES string of the molecule is [3H]C([3H])([3H])C1(Br)C(=O)NC(=O)N([C@H]2C[C@H](O)[C@@H](COP(=O)(O)O)O2)C1O. The van der Waals surface area contributed by atoms with Gasteiger partial charge in [-0.1, -0.05) is 15.9 Å². The largest absolute Gasteiger partial charge is 0.469 e. The van der Waals surface area contributed by atoms with E-state index in [0.717, 1.165) is 0 Å². The number of hydrogen-bond acceptors (Lipinski definition) is 7. The standard InChI is InChI=1S/C10H16BrN2O9P/c1-10(11)7(15)12-9(17)13(8(10)16)6-2-4(14)5(22-6)3-21-23(18,19)20/h4-6,8,14,16H,2-3H2,1H3,(H,12,15,17)(H2,18,19,20)/t4-,5+,6+,8?,10?/m0/s1/i1T3. The Morgan fingerprint density at radius 2 is 2.22 bits per heavy atom. The van der Waals surface area contributed by atoms with Crippen molar-refractivity contribution >= 4 is 35.7 Å². The molecule has 13 heteroatoms. The van der Waals surface area contributed by atoms with E-state index in [1.54, 1.807) is 5.32 Å². The summed E-state index contributed by atoms with van der Waals surface area (Å²) in [4.78, 5) is 41.9. The molecule has 5 N–H and O–H groups in total. The molecule has 11 nitrogen and oxygen atoms in total. The number of halogens is 1. The van der Waals surface area contributed by atoms with Crippen molar-refractivity contribution in [3.8, 4) is 0 Å². The molecule has 2 rings (SSSR count). The number of carbonyl (C=O) groups excluding carboxylic acids is 2. The van der Waals surface area contributed by atoms with Crippen molar-refractivity contribution < 1.29 is 47.5 Å². The number of aliphatic hydroxyl groups excluding tert-OH is 2. The smallest absolute Gasteiger partial charge is 0.390 e. The van der Waals surface area contributed by atoms with Crippen molar-refractivity contribution in [3.63, 3.8) is 0 Å². The molecule has 5 atom stereocenters. The number of amides is 3. The zero-order valence-corrected chi connectivity index (χ0v) is 13.8. The van der Waals surface area contributed by atoms with Crippen LogP contribution in [-0.2, 0) is 18.6 Å². The molecule has 0 aromatic heterocycles. The van der Waals surface area contributed by atoms with E-state index < -0.39 is 62.2 Å². The van der Waals surface area contributed by atoms with Crippen LogP contribution in [0.1, 0.15) is 17.4 Å². The summed E-state index contributed by atoms with van der Waals surface area (Å²) in [5.41, 5.74) is 0. The lowest BCUT2D eigenvalue weighted by atomic mass is 10.1. The van der Waals surface area contributed by atoms with Crippen LogP contribution in [0.5, 0.6) is 0 Å². The van der Waals surface area contributed by atoms with Gasteiger partial charge < -0.3 is 24.7 Å². The normalized spacial score (nSPS) is 41.3. The Morgan fingerprint density at radius 3 is 2.78 bits per heavy atom. The Kier molecular flexibility index (Phi) is 4.08. The summed E-state index contributed by atoms with van der Waals surface area (Å²) in [6.07, 6.45) is -6.46. The third-order valence-electron chi connectivity index (χ3n) is 3.33. The molecular weight excluding hydrogens is 403 g/mol. The highest BCUT2D eigenvalue weighted by molar-refractivity contribution is 9.10. The third-order valence-corrected chi connectivity index (χ3v) is 4.58. The number of imide groups is 1. The summed E-state index contributed by atoms with van der Waals surface area (Å²) in [7, 11) is -4.83. The Morgan fingerprint density at radius 1 is 1.57 bits per heavy atom. The van der Waals surface area contributed by atoms with Gasteiger partial charge >= 0.3 is 13.9 Å². The zero-order valence-electron chi connectivity index (χ0n) is 14.3. The average molecular weight is 425 g/mol. The molecule has 0 aromatic carbocycles. The second kappa shape index (κ2) is 6.37. The molecule has 2 unspecified atom stereocenters. The highest BCUT2D eigenvalue weighted by Crippen LogP contribution is 2.38. The first kappa shape index (κ1) is 14.7. The Bertz CT molecular complexity index is 646. The van der Waals surface area contributed by atoms with E-state index in [9.17, 15) is 24.4 Å². The number of aliphatic hydroxyl groups is 2. The summed E-state index contributed by atoms with van der Waals surface area (Å²) < 4.78 is 40.0. The molecule has 0 radical (unpaired) electrons. The van der Waals surface area contributed by atoms with Gasteiger partial charge in [-0.2, -0.15) is 0 Å². The maximum Gasteiger partial charge on any atom is 0.469 e. The van der Waals surface area contributed by atoms with Gasteiger partial charge in [0, 0.05) is 10.5 Å². The van der Waals surface area contributed by atoms with Crippen LogP contribution in [0.4, 0.5) is 4.79 Å². The molecule has 132 valence electrons. The van der Waals surface area contributed by atoms with Gasteiger partial charge in [-0.25, -0.2) is 9.36 Å². The number of phosphoric ester groups is 1. The first-order chi connectivity index (χ1) is 11.7. The summed E-state index contributed by atoms with van der Waals surface area (Å²) in [6, 6.07) is -1.16. The van der Waals surface area contributed by atoms with E-state index in [1.807, 2.05) is 0 Å².